The number of nitrogens with zero attached hydrogens (tertiary/aromatic N) is 1. The number of ether oxygens (including phenoxy) is 1. The zero-order valence-corrected chi connectivity index (χ0v) is 16.6. The Morgan fingerprint density at radius 3 is 2.31 bits per heavy atom. The zero-order chi connectivity index (χ0) is 21.0. The first-order valence-corrected chi connectivity index (χ1v) is 9.50. The molecule has 3 rings (SSSR count). The summed E-state index contributed by atoms with van der Waals surface area (Å²) in [6.45, 7) is 1.54. The van der Waals surface area contributed by atoms with Crippen LogP contribution in [-0.4, -0.2) is 41.6 Å². The van der Waals surface area contributed by atoms with Crippen LogP contribution in [0, 0.1) is 6.92 Å². The Bertz CT molecular complexity index is 997. The van der Waals surface area contributed by atoms with Gasteiger partial charge in [0.25, 0.3) is 17.1 Å². The Hall–Kier alpha value is -3.39. The van der Waals surface area contributed by atoms with Gasteiger partial charge in [-0.1, -0.05) is 29.8 Å². The number of anilines is 1. The second kappa shape index (κ2) is 8.74. The molecular weight excluding hydrogens is 392 g/mol. The van der Waals surface area contributed by atoms with E-state index in [0.29, 0.717) is 16.2 Å². The number of aryl methyl sites for hydroxylation is 1. The lowest BCUT2D eigenvalue weighted by atomic mass is 10.1. The van der Waals surface area contributed by atoms with Crippen molar-refractivity contribution in [3.8, 4) is 0 Å². The topological polar surface area (TPSA) is 92.8 Å². The third-order valence-electron chi connectivity index (χ3n) is 4.10. The maximum atomic E-state index is 12.1. The molecule has 1 aliphatic rings. The van der Waals surface area contributed by atoms with Gasteiger partial charge >= 0.3 is 5.97 Å². The first-order valence-electron chi connectivity index (χ1n) is 8.69. The van der Waals surface area contributed by atoms with E-state index >= 15 is 0 Å². The van der Waals surface area contributed by atoms with Gasteiger partial charge in [-0.3, -0.25) is 19.3 Å². The standard InChI is InChI=1S/C21H18N2O5S/c1-13-3-9-16(10-4-13)22-18(24)12-28-20(26)15-7-5-14(6-8-15)11-17-19(25)23(2)21(27)29-17/h3-11H,12H2,1-2H3,(H,22,24)/b17-11-. The summed E-state index contributed by atoms with van der Waals surface area (Å²) in [6, 6.07) is 13.6. The first kappa shape index (κ1) is 20.3. The van der Waals surface area contributed by atoms with Crippen molar-refractivity contribution < 1.29 is 23.9 Å². The van der Waals surface area contributed by atoms with E-state index in [1.807, 2.05) is 19.1 Å². The predicted octanol–water partition coefficient (Wildman–Crippen LogP) is 3.46. The molecule has 1 N–H and O–H groups in total. The largest absolute Gasteiger partial charge is 0.452 e. The SMILES string of the molecule is Cc1ccc(NC(=O)COC(=O)c2ccc(/C=C3\SC(=O)N(C)C3=O)cc2)cc1. The number of carbonyl (C=O) groups excluding carboxylic acids is 4. The Balaban J connectivity index is 1.55. The van der Waals surface area contributed by atoms with E-state index in [-0.39, 0.29) is 16.7 Å². The van der Waals surface area contributed by atoms with Crippen molar-refractivity contribution >= 4 is 46.5 Å². The van der Waals surface area contributed by atoms with Gasteiger partial charge in [-0.2, -0.15) is 0 Å². The molecule has 0 unspecified atom stereocenters. The number of imide groups is 1. The van der Waals surface area contributed by atoms with Gasteiger partial charge in [-0.15, -0.1) is 0 Å². The van der Waals surface area contributed by atoms with E-state index < -0.39 is 18.5 Å². The number of nitrogens with one attached hydrogen (secondary N) is 1. The molecule has 0 aliphatic carbocycles. The van der Waals surface area contributed by atoms with Gasteiger partial charge in [0.1, 0.15) is 0 Å². The number of likely N-dealkylation sites (N-methyl/N-ethyl adjacent to an activating group) is 1. The number of rotatable bonds is 5. The number of carbonyl (C=O) groups is 4. The number of amides is 3. The van der Waals surface area contributed by atoms with Gasteiger partial charge in [0, 0.05) is 12.7 Å². The number of hydrogen-bond donors (Lipinski definition) is 1. The van der Waals surface area contributed by atoms with Gasteiger partial charge in [-0.05, 0) is 54.6 Å². The average Bonchev–Trinajstić information content (AvgIpc) is 2.95. The molecule has 1 heterocycles. The lowest BCUT2D eigenvalue weighted by Crippen LogP contribution is -2.22. The lowest BCUT2D eigenvalue weighted by Gasteiger charge is -2.07. The van der Waals surface area contributed by atoms with E-state index in [0.717, 1.165) is 22.2 Å². The van der Waals surface area contributed by atoms with Crippen LogP contribution in [0.4, 0.5) is 10.5 Å². The molecule has 7 nitrogen and oxygen atoms in total. The quantitative estimate of drug-likeness (QED) is 0.599. The highest BCUT2D eigenvalue weighted by Gasteiger charge is 2.31. The van der Waals surface area contributed by atoms with Gasteiger partial charge in [-0.25, -0.2) is 4.79 Å². The van der Waals surface area contributed by atoms with Crippen molar-refractivity contribution in [1.82, 2.24) is 4.90 Å². The van der Waals surface area contributed by atoms with Crippen LogP contribution in [0.5, 0.6) is 0 Å². The van der Waals surface area contributed by atoms with Crippen LogP contribution in [0.25, 0.3) is 6.08 Å². The molecule has 1 fully saturated rings. The summed E-state index contributed by atoms with van der Waals surface area (Å²) in [5, 5.41) is 2.32. The Labute approximate surface area is 171 Å². The van der Waals surface area contributed by atoms with Crippen molar-refractivity contribution in [2.24, 2.45) is 0 Å². The van der Waals surface area contributed by atoms with Gasteiger partial charge in [0.15, 0.2) is 6.61 Å². The van der Waals surface area contributed by atoms with E-state index in [4.69, 9.17) is 4.74 Å². The minimum Gasteiger partial charge on any atom is -0.452 e. The molecule has 1 saturated heterocycles. The number of hydrogen-bond acceptors (Lipinski definition) is 6. The molecule has 0 aromatic heterocycles. The molecule has 0 saturated carbocycles. The van der Waals surface area contributed by atoms with Crippen LogP contribution in [0.15, 0.2) is 53.4 Å². The molecule has 29 heavy (non-hydrogen) atoms. The summed E-state index contributed by atoms with van der Waals surface area (Å²) >= 11 is 0.862. The monoisotopic (exact) mass is 410 g/mol. The smallest absolute Gasteiger partial charge is 0.338 e. The fourth-order valence-corrected chi connectivity index (χ4v) is 3.29. The van der Waals surface area contributed by atoms with Crippen molar-refractivity contribution in [3.05, 3.63) is 70.1 Å². The summed E-state index contributed by atoms with van der Waals surface area (Å²) in [6.07, 6.45) is 1.58. The predicted molar refractivity (Wildman–Crippen MR) is 110 cm³/mol. The summed E-state index contributed by atoms with van der Waals surface area (Å²) in [5.74, 6) is -1.43. The van der Waals surface area contributed by atoms with Gasteiger partial charge in [0.05, 0.1) is 10.5 Å². The van der Waals surface area contributed by atoms with Crippen LogP contribution < -0.4 is 5.32 Å². The Kier molecular flexibility index (Phi) is 6.13. The molecule has 3 amide bonds. The Morgan fingerprint density at radius 1 is 1.07 bits per heavy atom. The van der Waals surface area contributed by atoms with Crippen molar-refractivity contribution in [3.63, 3.8) is 0 Å². The molecule has 1 aliphatic heterocycles. The molecule has 0 spiro atoms. The average molecular weight is 410 g/mol. The lowest BCUT2D eigenvalue weighted by molar-refractivity contribution is -0.121. The van der Waals surface area contributed by atoms with Gasteiger partial charge in [0.2, 0.25) is 0 Å². The van der Waals surface area contributed by atoms with E-state index in [1.54, 1.807) is 30.3 Å². The number of esters is 1. The van der Waals surface area contributed by atoms with Crippen LogP contribution in [0.2, 0.25) is 0 Å². The molecule has 148 valence electrons. The third-order valence-corrected chi connectivity index (χ3v) is 5.06. The normalized spacial score (nSPS) is 15.0. The maximum absolute atomic E-state index is 12.1. The minimum atomic E-state index is -0.635. The van der Waals surface area contributed by atoms with Crippen molar-refractivity contribution in [1.29, 1.82) is 0 Å². The molecule has 0 bridgehead atoms. The van der Waals surface area contributed by atoms with Crippen molar-refractivity contribution in [2.45, 2.75) is 6.92 Å². The van der Waals surface area contributed by atoms with Crippen LogP contribution in [-0.2, 0) is 14.3 Å². The molecule has 0 radical (unpaired) electrons. The minimum absolute atomic E-state index is 0.272. The van der Waals surface area contributed by atoms with E-state index in [1.165, 1.54) is 19.2 Å². The first-order chi connectivity index (χ1) is 13.8. The third kappa shape index (κ3) is 5.11. The number of thioether (sulfide) groups is 1. The second-order valence-electron chi connectivity index (χ2n) is 6.35. The fourth-order valence-electron chi connectivity index (χ4n) is 2.46. The zero-order valence-electron chi connectivity index (χ0n) is 15.8. The van der Waals surface area contributed by atoms with E-state index in [2.05, 4.69) is 5.32 Å². The van der Waals surface area contributed by atoms with Crippen LogP contribution in [0.3, 0.4) is 0 Å². The molecule has 2 aromatic rings. The second-order valence-corrected chi connectivity index (χ2v) is 7.35. The summed E-state index contributed by atoms with van der Waals surface area (Å²) in [5.41, 5.74) is 2.63. The summed E-state index contributed by atoms with van der Waals surface area (Å²) < 4.78 is 5.03. The molecular formula is C21H18N2O5S. The molecule has 0 atom stereocenters. The molecule has 2 aromatic carbocycles. The Morgan fingerprint density at radius 2 is 1.72 bits per heavy atom. The fraction of sp³-hybridized carbons (Fsp3) is 0.143. The van der Waals surface area contributed by atoms with Crippen molar-refractivity contribution in [2.75, 3.05) is 19.0 Å². The summed E-state index contributed by atoms with van der Waals surface area (Å²) in [4.78, 5) is 48.8. The number of benzene rings is 2. The van der Waals surface area contributed by atoms with Crippen LogP contribution >= 0.6 is 11.8 Å². The van der Waals surface area contributed by atoms with Gasteiger partial charge < -0.3 is 10.1 Å². The maximum Gasteiger partial charge on any atom is 0.338 e. The summed E-state index contributed by atoms with van der Waals surface area (Å²) in [7, 11) is 1.42. The van der Waals surface area contributed by atoms with E-state index in [9.17, 15) is 19.2 Å². The molecule has 8 heteroatoms. The highest BCUT2D eigenvalue weighted by molar-refractivity contribution is 8.18. The highest BCUT2D eigenvalue weighted by Crippen LogP contribution is 2.30. The van der Waals surface area contributed by atoms with Crippen LogP contribution in [0.1, 0.15) is 21.5 Å². The highest BCUT2D eigenvalue weighted by atomic mass is 32.2.